The van der Waals surface area contributed by atoms with Crippen LogP contribution in [0.15, 0.2) is 54.6 Å². The van der Waals surface area contributed by atoms with Crippen LogP contribution in [-0.2, 0) is 6.61 Å². The van der Waals surface area contributed by atoms with Crippen molar-refractivity contribution < 1.29 is 4.74 Å². The number of benzene rings is 2. The van der Waals surface area contributed by atoms with E-state index in [-0.39, 0.29) is 0 Å². The molecule has 1 saturated heterocycles. The monoisotopic (exact) mass is 311 g/mol. The molecule has 0 saturated carbocycles. The average molecular weight is 311 g/mol. The lowest BCUT2D eigenvalue weighted by Crippen LogP contribution is -2.37. The number of ether oxygens (including phenoxy) is 1. The number of likely N-dealkylation sites (N-methyl/N-ethyl adjacent to an activating group) is 1. The summed E-state index contributed by atoms with van der Waals surface area (Å²) in [5.41, 5.74) is 9.22. The molecule has 2 aromatic rings. The van der Waals surface area contributed by atoms with Crippen molar-refractivity contribution in [2.24, 2.45) is 0 Å². The van der Waals surface area contributed by atoms with Gasteiger partial charge < -0.3 is 10.1 Å². The van der Waals surface area contributed by atoms with Crippen molar-refractivity contribution in [1.82, 2.24) is 16.2 Å². The van der Waals surface area contributed by atoms with Gasteiger partial charge in [0.1, 0.15) is 12.4 Å². The second kappa shape index (κ2) is 8.11. The predicted molar refractivity (Wildman–Crippen MR) is 93.2 cm³/mol. The Kier molecular flexibility index (Phi) is 5.64. The number of hydrogen-bond acceptors (Lipinski definition) is 4. The summed E-state index contributed by atoms with van der Waals surface area (Å²) >= 11 is 0. The maximum absolute atomic E-state index is 5.84. The molecule has 1 fully saturated rings. The maximum atomic E-state index is 5.84. The molecule has 0 amide bonds. The third-order valence-corrected chi connectivity index (χ3v) is 4.15. The van der Waals surface area contributed by atoms with E-state index in [1.807, 2.05) is 18.2 Å². The van der Waals surface area contributed by atoms with Crippen LogP contribution in [0.2, 0.25) is 0 Å². The highest BCUT2D eigenvalue weighted by molar-refractivity contribution is 5.30. The Morgan fingerprint density at radius 2 is 1.83 bits per heavy atom. The Hall–Kier alpha value is -1.88. The van der Waals surface area contributed by atoms with Gasteiger partial charge in [0.25, 0.3) is 0 Å². The normalized spacial score (nSPS) is 20.6. The molecular weight excluding hydrogens is 286 g/mol. The van der Waals surface area contributed by atoms with Gasteiger partial charge >= 0.3 is 0 Å². The Morgan fingerprint density at radius 1 is 1.04 bits per heavy atom. The minimum Gasteiger partial charge on any atom is -0.489 e. The average Bonchev–Trinajstić information content (AvgIpc) is 3.08. The lowest BCUT2D eigenvalue weighted by Gasteiger charge is -2.12. The first-order valence-electron chi connectivity index (χ1n) is 8.33. The van der Waals surface area contributed by atoms with E-state index in [1.54, 1.807) is 0 Å². The summed E-state index contributed by atoms with van der Waals surface area (Å²) in [6.45, 7) is 4.75. The van der Waals surface area contributed by atoms with Gasteiger partial charge in [0.2, 0.25) is 0 Å². The van der Waals surface area contributed by atoms with Crippen LogP contribution >= 0.6 is 0 Å². The molecule has 0 bridgehead atoms. The third-order valence-electron chi connectivity index (χ3n) is 4.15. The van der Waals surface area contributed by atoms with Crippen molar-refractivity contribution in [3.63, 3.8) is 0 Å². The molecule has 0 aromatic heterocycles. The number of rotatable bonds is 7. The molecule has 3 N–H and O–H groups in total. The molecule has 1 heterocycles. The van der Waals surface area contributed by atoms with Crippen LogP contribution in [-0.4, -0.2) is 19.1 Å². The quantitative estimate of drug-likeness (QED) is 0.736. The standard InChI is InChI=1S/C19H25N3O/c1-2-20-13-17-12-19(22-21-17)16-8-10-18(11-9-16)23-14-15-6-4-3-5-7-15/h3-11,17,19-22H,2,12-14H2,1H3. The van der Waals surface area contributed by atoms with Crippen LogP contribution < -0.4 is 20.9 Å². The second-order valence-corrected chi connectivity index (χ2v) is 5.92. The predicted octanol–water partition coefficient (Wildman–Crippen LogP) is 2.78. The topological polar surface area (TPSA) is 45.3 Å². The molecular formula is C19H25N3O. The fourth-order valence-electron chi connectivity index (χ4n) is 2.83. The molecule has 0 aliphatic carbocycles. The number of hydrazine groups is 1. The van der Waals surface area contributed by atoms with Crippen molar-refractivity contribution >= 4 is 0 Å². The summed E-state index contributed by atoms with van der Waals surface area (Å²) in [5, 5.41) is 3.38. The van der Waals surface area contributed by atoms with E-state index < -0.39 is 0 Å². The molecule has 2 aromatic carbocycles. The van der Waals surface area contributed by atoms with Crippen LogP contribution in [0.25, 0.3) is 0 Å². The van der Waals surface area contributed by atoms with Crippen LogP contribution in [0.1, 0.15) is 30.5 Å². The van der Waals surface area contributed by atoms with Gasteiger partial charge in [-0.15, -0.1) is 0 Å². The van der Waals surface area contributed by atoms with E-state index in [1.165, 1.54) is 11.1 Å². The summed E-state index contributed by atoms with van der Waals surface area (Å²) in [6, 6.07) is 19.5. The summed E-state index contributed by atoms with van der Waals surface area (Å²) in [5.74, 6) is 0.910. The van der Waals surface area contributed by atoms with Gasteiger partial charge in [0.15, 0.2) is 0 Å². The number of nitrogens with one attached hydrogen (secondary N) is 3. The molecule has 0 spiro atoms. The van der Waals surface area contributed by atoms with E-state index >= 15 is 0 Å². The fourth-order valence-corrected chi connectivity index (χ4v) is 2.83. The minimum atomic E-state index is 0.363. The molecule has 1 aliphatic rings. The Labute approximate surface area is 138 Å². The maximum Gasteiger partial charge on any atom is 0.119 e. The fraction of sp³-hybridized carbons (Fsp3) is 0.368. The van der Waals surface area contributed by atoms with Gasteiger partial charge in [-0.25, -0.2) is 5.43 Å². The molecule has 1 aliphatic heterocycles. The summed E-state index contributed by atoms with van der Waals surface area (Å²) < 4.78 is 5.84. The molecule has 2 atom stereocenters. The van der Waals surface area contributed by atoms with Crippen molar-refractivity contribution in [1.29, 1.82) is 0 Å². The minimum absolute atomic E-state index is 0.363. The van der Waals surface area contributed by atoms with Gasteiger partial charge in [0.05, 0.1) is 0 Å². The highest BCUT2D eigenvalue weighted by atomic mass is 16.5. The highest BCUT2D eigenvalue weighted by Gasteiger charge is 2.24. The molecule has 0 radical (unpaired) electrons. The van der Waals surface area contributed by atoms with Crippen LogP contribution in [0.4, 0.5) is 0 Å². The van der Waals surface area contributed by atoms with Crippen molar-refractivity contribution in [2.45, 2.75) is 32.0 Å². The second-order valence-electron chi connectivity index (χ2n) is 5.92. The van der Waals surface area contributed by atoms with Gasteiger partial charge in [-0.05, 0) is 36.2 Å². The highest BCUT2D eigenvalue weighted by Crippen LogP contribution is 2.24. The molecule has 4 heteroatoms. The van der Waals surface area contributed by atoms with Gasteiger partial charge in [-0.3, -0.25) is 5.43 Å². The third kappa shape index (κ3) is 4.55. The summed E-state index contributed by atoms with van der Waals surface area (Å²) in [7, 11) is 0. The zero-order valence-electron chi connectivity index (χ0n) is 13.6. The van der Waals surface area contributed by atoms with Gasteiger partial charge in [-0.1, -0.05) is 49.4 Å². The molecule has 4 nitrogen and oxygen atoms in total. The van der Waals surface area contributed by atoms with E-state index in [2.05, 4.69) is 59.5 Å². The van der Waals surface area contributed by atoms with Gasteiger partial charge in [0, 0.05) is 18.6 Å². The van der Waals surface area contributed by atoms with Crippen molar-refractivity contribution in [3.05, 3.63) is 65.7 Å². The molecule has 2 unspecified atom stereocenters. The molecule has 3 rings (SSSR count). The Balaban J connectivity index is 1.51. The first-order chi connectivity index (χ1) is 11.3. The van der Waals surface area contributed by atoms with Crippen LogP contribution in [0, 0.1) is 0 Å². The van der Waals surface area contributed by atoms with Crippen LogP contribution in [0.5, 0.6) is 5.75 Å². The van der Waals surface area contributed by atoms with E-state index in [0.29, 0.717) is 18.7 Å². The lowest BCUT2D eigenvalue weighted by atomic mass is 10.0. The van der Waals surface area contributed by atoms with E-state index in [4.69, 9.17) is 4.74 Å². The summed E-state index contributed by atoms with van der Waals surface area (Å²) in [4.78, 5) is 0. The van der Waals surface area contributed by atoms with E-state index in [0.717, 1.165) is 25.3 Å². The molecule has 23 heavy (non-hydrogen) atoms. The lowest BCUT2D eigenvalue weighted by molar-refractivity contribution is 0.306. The zero-order chi connectivity index (χ0) is 15.9. The first kappa shape index (κ1) is 16.0. The van der Waals surface area contributed by atoms with Crippen molar-refractivity contribution in [3.8, 4) is 5.75 Å². The summed E-state index contributed by atoms with van der Waals surface area (Å²) in [6.07, 6.45) is 1.09. The smallest absolute Gasteiger partial charge is 0.119 e. The SMILES string of the molecule is CCNCC1CC(c2ccc(OCc3ccccc3)cc2)NN1. The largest absolute Gasteiger partial charge is 0.489 e. The zero-order valence-corrected chi connectivity index (χ0v) is 13.6. The Morgan fingerprint density at radius 3 is 2.57 bits per heavy atom. The first-order valence-corrected chi connectivity index (χ1v) is 8.33. The van der Waals surface area contributed by atoms with Crippen LogP contribution in [0.3, 0.4) is 0 Å². The van der Waals surface area contributed by atoms with E-state index in [9.17, 15) is 0 Å². The molecule has 122 valence electrons. The van der Waals surface area contributed by atoms with Gasteiger partial charge in [-0.2, -0.15) is 0 Å². The van der Waals surface area contributed by atoms with Crippen molar-refractivity contribution in [2.75, 3.05) is 13.1 Å². The number of hydrogen-bond donors (Lipinski definition) is 3. The Bertz CT molecular complexity index is 585.